The fraction of sp³-hybridized carbons (Fsp3) is 0. The molecule has 2 aromatic heterocycles. The summed E-state index contributed by atoms with van der Waals surface area (Å²) >= 11 is 5.49. The van der Waals surface area contributed by atoms with Gasteiger partial charge in [0.25, 0.3) is 0 Å². The van der Waals surface area contributed by atoms with Crippen LogP contribution in [0.3, 0.4) is 0 Å². The van der Waals surface area contributed by atoms with Crippen LogP contribution >= 0.6 is 27.3 Å². The highest BCUT2D eigenvalue weighted by Crippen LogP contribution is 2.46. The van der Waals surface area contributed by atoms with E-state index in [0.717, 1.165) is 27.2 Å². The number of hydrogen-bond acceptors (Lipinski definition) is 2. The summed E-state index contributed by atoms with van der Waals surface area (Å²) in [6, 6.07) is 59.1. The summed E-state index contributed by atoms with van der Waals surface area (Å²) in [6.07, 6.45) is 0. The van der Waals surface area contributed by atoms with Crippen LogP contribution in [-0.4, -0.2) is 4.57 Å². The van der Waals surface area contributed by atoms with Crippen molar-refractivity contribution in [3.05, 3.63) is 168 Å². The van der Waals surface area contributed by atoms with Crippen molar-refractivity contribution in [1.29, 1.82) is 0 Å². The topological polar surface area (TPSA) is 8.17 Å². The van der Waals surface area contributed by atoms with Gasteiger partial charge >= 0.3 is 0 Å². The van der Waals surface area contributed by atoms with Gasteiger partial charge in [-0.25, -0.2) is 0 Å². The molecule has 9 aromatic rings. The van der Waals surface area contributed by atoms with Gasteiger partial charge in [0.05, 0.1) is 16.7 Å². The lowest BCUT2D eigenvalue weighted by molar-refractivity contribution is 1.18. The van der Waals surface area contributed by atoms with Crippen molar-refractivity contribution in [2.75, 3.05) is 4.90 Å². The largest absolute Gasteiger partial charge is 0.310 e. The molecule has 0 unspecified atom stereocenters. The Hall–Kier alpha value is -5.16. The number of benzene rings is 7. The molecule has 7 aromatic carbocycles. The van der Waals surface area contributed by atoms with Crippen molar-refractivity contribution in [2.24, 2.45) is 0 Å². The third kappa shape index (κ3) is 4.37. The van der Waals surface area contributed by atoms with Gasteiger partial charge in [0.2, 0.25) is 0 Å². The van der Waals surface area contributed by atoms with E-state index in [9.17, 15) is 0 Å². The molecule has 0 N–H and O–H groups in total. The zero-order valence-electron chi connectivity index (χ0n) is 24.8. The zero-order valence-corrected chi connectivity index (χ0v) is 27.2. The molecule has 0 atom stereocenters. The molecule has 46 heavy (non-hydrogen) atoms. The Labute approximate surface area is 279 Å². The van der Waals surface area contributed by atoms with Crippen LogP contribution < -0.4 is 4.90 Å². The number of halogens is 1. The highest BCUT2D eigenvalue weighted by atomic mass is 79.9. The molecule has 218 valence electrons. The van der Waals surface area contributed by atoms with Gasteiger partial charge in [-0.1, -0.05) is 101 Å². The molecule has 0 saturated heterocycles. The number of anilines is 3. The number of rotatable bonds is 5. The van der Waals surface area contributed by atoms with Crippen molar-refractivity contribution in [1.82, 2.24) is 4.57 Å². The summed E-state index contributed by atoms with van der Waals surface area (Å²) < 4.78 is 6.12. The molecule has 0 aliphatic heterocycles. The molecule has 9 rings (SSSR count). The van der Waals surface area contributed by atoms with Gasteiger partial charge in [-0.3, -0.25) is 0 Å². The molecule has 0 aliphatic carbocycles. The molecule has 0 aliphatic rings. The molecule has 0 fully saturated rings. The van der Waals surface area contributed by atoms with E-state index in [2.05, 4.69) is 189 Å². The maximum absolute atomic E-state index is 3.62. The molecule has 0 saturated carbocycles. The molecule has 0 spiro atoms. The number of nitrogens with zero attached hydrogens (tertiary/aromatic N) is 2. The molecule has 0 bridgehead atoms. The first-order valence-corrected chi connectivity index (χ1v) is 17.0. The molecule has 0 amide bonds. The summed E-state index contributed by atoms with van der Waals surface area (Å²) in [5.74, 6) is 0. The summed E-state index contributed by atoms with van der Waals surface area (Å²) in [4.78, 5) is 2.40. The van der Waals surface area contributed by atoms with E-state index >= 15 is 0 Å². The van der Waals surface area contributed by atoms with Crippen molar-refractivity contribution in [3.8, 4) is 16.8 Å². The van der Waals surface area contributed by atoms with E-state index in [-0.39, 0.29) is 0 Å². The van der Waals surface area contributed by atoms with E-state index < -0.39 is 0 Å². The summed E-state index contributed by atoms with van der Waals surface area (Å²) in [5.41, 5.74) is 9.29. The smallest absolute Gasteiger partial charge is 0.0548 e. The highest BCUT2D eigenvalue weighted by Gasteiger charge is 2.21. The Morgan fingerprint density at radius 3 is 2.02 bits per heavy atom. The standard InChI is InChI=1S/C42H27BrN2S/c43-29-21-19-28(20-22-29)33-15-7-9-17-36(33)44(30-11-3-1-4-12-30)32-23-24-37-35(27-32)41-38(45(37)31-13-5-2-6-14-31)25-26-40-42(41)34-16-8-10-18-39(34)46-40/h1-27H. The number of hydrogen-bond donors (Lipinski definition) is 0. The fourth-order valence-corrected chi connectivity index (χ4v) is 8.23. The third-order valence-corrected chi connectivity index (χ3v) is 10.5. The van der Waals surface area contributed by atoms with Crippen molar-refractivity contribution in [2.45, 2.75) is 0 Å². The second-order valence-electron chi connectivity index (χ2n) is 11.5. The van der Waals surface area contributed by atoms with Crippen LogP contribution in [0.25, 0.3) is 58.8 Å². The summed E-state index contributed by atoms with van der Waals surface area (Å²) in [7, 11) is 0. The van der Waals surface area contributed by atoms with Crippen LogP contribution in [0.5, 0.6) is 0 Å². The van der Waals surface area contributed by atoms with Crippen LogP contribution in [0.1, 0.15) is 0 Å². The van der Waals surface area contributed by atoms with Gasteiger partial charge in [-0.2, -0.15) is 0 Å². The zero-order chi connectivity index (χ0) is 30.6. The quantitative estimate of drug-likeness (QED) is 0.177. The predicted molar refractivity (Wildman–Crippen MR) is 201 cm³/mol. The Balaban J connectivity index is 1.37. The van der Waals surface area contributed by atoms with Crippen LogP contribution in [0.2, 0.25) is 0 Å². The lowest BCUT2D eigenvalue weighted by atomic mass is 10.0. The maximum atomic E-state index is 3.62. The minimum atomic E-state index is 1.07. The first-order chi connectivity index (χ1) is 22.7. The minimum absolute atomic E-state index is 1.07. The minimum Gasteiger partial charge on any atom is -0.310 e. The van der Waals surface area contributed by atoms with Crippen LogP contribution in [0, 0.1) is 0 Å². The second kappa shape index (κ2) is 11.0. The predicted octanol–water partition coefficient (Wildman–Crippen LogP) is 13.1. The maximum Gasteiger partial charge on any atom is 0.0548 e. The lowest BCUT2D eigenvalue weighted by Crippen LogP contribution is -2.11. The number of fused-ring (bicyclic) bond motifs is 7. The van der Waals surface area contributed by atoms with Crippen LogP contribution in [0.15, 0.2) is 168 Å². The van der Waals surface area contributed by atoms with Gasteiger partial charge in [0.15, 0.2) is 0 Å². The van der Waals surface area contributed by atoms with Gasteiger partial charge in [-0.15, -0.1) is 11.3 Å². The normalized spacial score (nSPS) is 11.6. The van der Waals surface area contributed by atoms with Crippen LogP contribution in [0.4, 0.5) is 17.1 Å². The fourth-order valence-electron chi connectivity index (χ4n) is 6.85. The van der Waals surface area contributed by atoms with E-state index in [1.54, 1.807) is 0 Å². The van der Waals surface area contributed by atoms with Crippen LogP contribution in [-0.2, 0) is 0 Å². The Kier molecular flexibility index (Phi) is 6.51. The summed E-state index contributed by atoms with van der Waals surface area (Å²) in [6.45, 7) is 0. The molecule has 2 nitrogen and oxygen atoms in total. The van der Waals surface area contributed by atoms with Gasteiger partial charge in [-0.05, 0) is 84.4 Å². The molecular weight excluding hydrogens is 644 g/mol. The lowest BCUT2D eigenvalue weighted by Gasteiger charge is -2.28. The van der Waals surface area contributed by atoms with Gasteiger partial charge in [0.1, 0.15) is 0 Å². The van der Waals surface area contributed by atoms with Crippen molar-refractivity contribution in [3.63, 3.8) is 0 Å². The number of aromatic nitrogens is 1. The summed E-state index contributed by atoms with van der Waals surface area (Å²) in [5, 5.41) is 5.18. The van der Waals surface area contributed by atoms with E-state index in [1.807, 2.05) is 11.3 Å². The first-order valence-electron chi connectivity index (χ1n) is 15.4. The Morgan fingerprint density at radius 2 is 1.20 bits per heavy atom. The Bertz CT molecular complexity index is 2530. The SMILES string of the molecule is Brc1ccc(-c2ccccc2N(c2ccccc2)c2ccc3c(c2)c2c4c(ccc2n3-c2ccccc2)sc2ccccc24)cc1. The van der Waals surface area contributed by atoms with E-state index in [1.165, 1.54) is 53.1 Å². The van der Waals surface area contributed by atoms with E-state index in [4.69, 9.17) is 0 Å². The first kappa shape index (κ1) is 27.2. The Morgan fingerprint density at radius 1 is 0.500 bits per heavy atom. The number of para-hydroxylation sites is 3. The molecule has 0 radical (unpaired) electrons. The third-order valence-electron chi connectivity index (χ3n) is 8.84. The molecular formula is C42H27BrN2S. The molecule has 2 heterocycles. The van der Waals surface area contributed by atoms with Crippen molar-refractivity contribution < 1.29 is 0 Å². The number of thiophene rings is 1. The average Bonchev–Trinajstić information content (AvgIpc) is 3.65. The second-order valence-corrected chi connectivity index (χ2v) is 13.5. The van der Waals surface area contributed by atoms with E-state index in [0.29, 0.717) is 0 Å². The van der Waals surface area contributed by atoms with Gasteiger partial charge in [0, 0.05) is 58.0 Å². The monoisotopic (exact) mass is 670 g/mol. The van der Waals surface area contributed by atoms with Gasteiger partial charge < -0.3 is 9.47 Å². The average molecular weight is 672 g/mol. The highest BCUT2D eigenvalue weighted by molar-refractivity contribution is 9.10. The van der Waals surface area contributed by atoms with Crippen molar-refractivity contribution >= 4 is 86.3 Å². The molecule has 4 heteroatoms.